The lowest BCUT2D eigenvalue weighted by atomic mass is 9.98. The zero-order valence-electron chi connectivity index (χ0n) is 38.1. The third kappa shape index (κ3) is 17.3. The first-order chi connectivity index (χ1) is 25.1. The maximum absolute atomic E-state index is 13.1. The summed E-state index contributed by atoms with van der Waals surface area (Å²) in [6, 6.07) is 2.31. The number of ether oxygens (including phenoxy) is 4. The molecule has 0 saturated carbocycles. The SMILES string of the molecule is C=CC(=O)OCC(C)(COC(=O)C=C)NC(=O)O[C@](C)(CC)CCOC(C)(C)CCC[Si](C)(C)C(CC)(CC)O[Si](C)(C)C(C)(CC)O[Si](C)(C)CCCC. The number of rotatable bonds is 29. The maximum atomic E-state index is 13.1. The molecule has 0 fully saturated rings. The number of alkyl carbamates (subject to hydrolysis) is 1. The number of esters is 2. The molecule has 2 atom stereocenters. The second-order valence-electron chi connectivity index (χ2n) is 18.5. The molecule has 55 heavy (non-hydrogen) atoms. The molecule has 1 unspecified atom stereocenters. The van der Waals surface area contributed by atoms with Gasteiger partial charge >= 0.3 is 18.0 Å². The largest absolute Gasteiger partial charge is 0.460 e. The molecular weight excluding hydrogens is 747 g/mol. The van der Waals surface area contributed by atoms with E-state index in [9.17, 15) is 14.4 Å². The summed E-state index contributed by atoms with van der Waals surface area (Å²) < 4.78 is 37.4. The normalized spacial score (nSPS) is 15.3. The van der Waals surface area contributed by atoms with Crippen LogP contribution in [-0.2, 0) is 37.4 Å². The van der Waals surface area contributed by atoms with Gasteiger partial charge in [0.25, 0.3) is 0 Å². The molecule has 10 nitrogen and oxygen atoms in total. The van der Waals surface area contributed by atoms with E-state index >= 15 is 0 Å². The number of hydrogen-bond acceptors (Lipinski definition) is 9. The van der Waals surface area contributed by atoms with Gasteiger partial charge < -0.3 is 33.1 Å². The summed E-state index contributed by atoms with van der Waals surface area (Å²) >= 11 is 0. The Balaban J connectivity index is 5.61. The van der Waals surface area contributed by atoms with E-state index in [1.54, 1.807) is 6.92 Å². The fraction of sp³-hybridized carbons (Fsp3) is 0.833. The molecule has 0 radical (unpaired) electrons. The lowest BCUT2D eigenvalue weighted by molar-refractivity contribution is -0.144. The van der Waals surface area contributed by atoms with Crippen molar-refractivity contribution in [3.63, 3.8) is 0 Å². The molecule has 0 aromatic rings. The van der Waals surface area contributed by atoms with Crippen molar-refractivity contribution in [3.8, 4) is 0 Å². The lowest BCUT2D eigenvalue weighted by Gasteiger charge is -2.54. The van der Waals surface area contributed by atoms with Crippen LogP contribution in [-0.4, -0.2) is 89.8 Å². The third-order valence-electron chi connectivity index (χ3n) is 12.0. The van der Waals surface area contributed by atoms with Gasteiger partial charge in [0, 0.05) is 23.8 Å². The first-order valence-corrected chi connectivity index (χ1v) is 30.0. The fourth-order valence-corrected chi connectivity index (χ4v) is 19.4. The van der Waals surface area contributed by atoms with Crippen LogP contribution in [0.1, 0.15) is 127 Å². The highest BCUT2D eigenvalue weighted by Gasteiger charge is 2.55. The molecule has 0 aliphatic carbocycles. The second kappa shape index (κ2) is 22.4. The van der Waals surface area contributed by atoms with Crippen molar-refractivity contribution in [1.82, 2.24) is 5.32 Å². The number of nitrogens with one attached hydrogen (secondary N) is 1. The van der Waals surface area contributed by atoms with Gasteiger partial charge in [-0.05, 0) is 99.0 Å². The minimum absolute atomic E-state index is 0.139. The van der Waals surface area contributed by atoms with Gasteiger partial charge in [-0.2, -0.15) is 0 Å². The number of carbonyl (C=O) groups is 3. The van der Waals surface area contributed by atoms with Crippen LogP contribution in [0.25, 0.3) is 0 Å². The molecule has 1 amide bonds. The Hall–Kier alpha value is -1.78. The van der Waals surface area contributed by atoms with Crippen LogP contribution >= 0.6 is 0 Å². The number of hydrogen-bond donors (Lipinski definition) is 1. The minimum Gasteiger partial charge on any atom is -0.460 e. The Kier molecular flexibility index (Phi) is 21.7. The Bertz CT molecular complexity index is 1210. The van der Waals surface area contributed by atoms with E-state index in [1.165, 1.54) is 18.9 Å². The summed E-state index contributed by atoms with van der Waals surface area (Å²) in [6.45, 7) is 42.4. The molecule has 13 heteroatoms. The van der Waals surface area contributed by atoms with Crippen LogP contribution in [0.15, 0.2) is 25.3 Å². The van der Waals surface area contributed by atoms with Crippen molar-refractivity contribution >= 4 is 42.7 Å². The summed E-state index contributed by atoms with van der Waals surface area (Å²) in [5.41, 5.74) is -2.44. The van der Waals surface area contributed by atoms with Crippen LogP contribution in [0.4, 0.5) is 4.79 Å². The Morgan fingerprint density at radius 1 is 0.691 bits per heavy atom. The summed E-state index contributed by atoms with van der Waals surface area (Å²) in [6.07, 6.45) is 9.64. The maximum Gasteiger partial charge on any atom is 0.408 e. The highest BCUT2D eigenvalue weighted by atomic mass is 28.4. The van der Waals surface area contributed by atoms with E-state index in [0.29, 0.717) is 19.4 Å². The zero-order valence-corrected chi connectivity index (χ0v) is 41.1. The van der Waals surface area contributed by atoms with Gasteiger partial charge in [-0.1, -0.05) is 86.2 Å². The molecular formula is C42H83NO9Si3. The van der Waals surface area contributed by atoms with Crippen LogP contribution < -0.4 is 5.32 Å². The van der Waals surface area contributed by atoms with Crippen LogP contribution in [0.3, 0.4) is 0 Å². The van der Waals surface area contributed by atoms with Crippen molar-refractivity contribution in [2.75, 3.05) is 19.8 Å². The number of carbonyl (C=O) groups excluding carboxylic acids is 3. The molecule has 322 valence electrons. The average molecular weight is 830 g/mol. The van der Waals surface area contributed by atoms with Gasteiger partial charge in [-0.3, -0.25) is 0 Å². The Labute approximate surface area is 339 Å². The van der Waals surface area contributed by atoms with E-state index in [2.05, 4.69) is 106 Å². The fourth-order valence-electron chi connectivity index (χ4n) is 7.26. The van der Waals surface area contributed by atoms with Crippen molar-refractivity contribution in [1.29, 1.82) is 0 Å². The molecule has 1 N–H and O–H groups in total. The van der Waals surface area contributed by atoms with Gasteiger partial charge in [-0.25, -0.2) is 14.4 Å². The van der Waals surface area contributed by atoms with Crippen LogP contribution in [0, 0.1) is 0 Å². The first kappa shape index (κ1) is 53.2. The lowest BCUT2D eigenvalue weighted by Crippen LogP contribution is -2.67. The molecule has 0 heterocycles. The summed E-state index contributed by atoms with van der Waals surface area (Å²) in [4.78, 5) is 36.6. The van der Waals surface area contributed by atoms with E-state index in [-0.39, 0.29) is 29.3 Å². The highest BCUT2D eigenvalue weighted by Crippen LogP contribution is 2.43. The molecule has 0 aromatic heterocycles. The molecule has 0 aliphatic heterocycles. The van der Waals surface area contributed by atoms with Gasteiger partial charge in [0.05, 0.1) is 25.5 Å². The quantitative estimate of drug-likeness (QED) is 0.0340. The molecule has 0 rings (SSSR count). The predicted octanol–water partition coefficient (Wildman–Crippen LogP) is 10.8. The Morgan fingerprint density at radius 3 is 1.65 bits per heavy atom. The van der Waals surface area contributed by atoms with Crippen molar-refractivity contribution < 1.29 is 42.2 Å². The van der Waals surface area contributed by atoms with E-state index < -0.39 is 53.9 Å². The zero-order chi connectivity index (χ0) is 43.0. The summed E-state index contributed by atoms with van der Waals surface area (Å²) in [5, 5.41) is 2.34. The molecule has 0 spiro atoms. The smallest absolute Gasteiger partial charge is 0.408 e. The third-order valence-corrected chi connectivity index (χ3v) is 23.8. The summed E-state index contributed by atoms with van der Waals surface area (Å²) in [5.74, 6) is -1.34. The number of unbranched alkanes of at least 4 members (excludes halogenated alkanes) is 1. The topological polar surface area (TPSA) is 119 Å². The van der Waals surface area contributed by atoms with Crippen molar-refractivity contribution in [3.05, 3.63) is 25.3 Å². The minimum atomic E-state index is -2.32. The van der Waals surface area contributed by atoms with Gasteiger partial charge in [0.15, 0.2) is 8.32 Å². The first-order valence-electron chi connectivity index (χ1n) is 20.8. The molecule has 0 aliphatic rings. The van der Waals surface area contributed by atoms with Crippen LogP contribution in [0.5, 0.6) is 0 Å². The summed E-state index contributed by atoms with van der Waals surface area (Å²) in [7, 11) is -6.08. The van der Waals surface area contributed by atoms with Crippen molar-refractivity contribution in [2.45, 2.75) is 206 Å². The molecule has 0 bridgehead atoms. The highest BCUT2D eigenvalue weighted by molar-refractivity contribution is 6.83. The second-order valence-corrected chi connectivity index (χ2v) is 32.1. The van der Waals surface area contributed by atoms with Crippen molar-refractivity contribution in [2.24, 2.45) is 0 Å². The standard InChI is InChI=1S/C42H83NO9Si3/c1-19-26-32-54(15,16)51-41(12,23-5)55(17,18)52-42(24-6,25-7)53(13,14)31-27-28-38(8,9)49-30-29-40(11,22-4)50-37(46)43-39(10,33-47-35(44)20-2)34-48-36(45)21-3/h20-21H,2-3,19,22-34H2,1,4-18H3,(H,43,46)/t40-,41?/m1/s1. The average Bonchev–Trinajstić information content (AvgIpc) is 3.10. The van der Waals surface area contributed by atoms with E-state index in [4.69, 9.17) is 27.8 Å². The van der Waals surface area contributed by atoms with Crippen LogP contribution in [0.2, 0.25) is 51.4 Å². The van der Waals surface area contributed by atoms with E-state index in [1.807, 2.05) is 13.8 Å². The molecule has 0 aromatic carbocycles. The predicted molar refractivity (Wildman–Crippen MR) is 234 cm³/mol. The number of amides is 1. The van der Waals surface area contributed by atoms with Gasteiger partial charge in [0.2, 0.25) is 8.32 Å². The van der Waals surface area contributed by atoms with Gasteiger partial charge in [0.1, 0.15) is 24.4 Å². The van der Waals surface area contributed by atoms with Gasteiger partial charge in [-0.15, -0.1) is 0 Å². The molecule has 0 saturated heterocycles. The Morgan fingerprint density at radius 2 is 1.22 bits per heavy atom. The monoisotopic (exact) mass is 830 g/mol. The van der Waals surface area contributed by atoms with E-state index in [0.717, 1.165) is 50.3 Å².